The van der Waals surface area contributed by atoms with Gasteiger partial charge < -0.3 is 25.8 Å². The second kappa shape index (κ2) is 6.91. The van der Waals surface area contributed by atoms with Crippen LogP contribution in [0.5, 0.6) is 11.5 Å². The SMILES string of the molecule is COc1cccc(N)c1OCCNC1=Nc2ccccc2CN1. The summed E-state index contributed by atoms with van der Waals surface area (Å²) in [6.07, 6.45) is 0. The fourth-order valence-corrected chi connectivity index (χ4v) is 2.38. The fourth-order valence-electron chi connectivity index (χ4n) is 2.38. The van der Waals surface area contributed by atoms with Gasteiger partial charge in [-0.1, -0.05) is 24.3 Å². The molecule has 0 spiro atoms. The Morgan fingerprint density at radius 3 is 2.96 bits per heavy atom. The Balaban J connectivity index is 1.54. The summed E-state index contributed by atoms with van der Waals surface area (Å²) < 4.78 is 11.0. The molecule has 0 saturated heterocycles. The number of fused-ring (bicyclic) bond motifs is 1. The smallest absolute Gasteiger partial charge is 0.196 e. The molecule has 2 aromatic carbocycles. The lowest BCUT2D eigenvalue weighted by Crippen LogP contribution is -2.40. The number of para-hydroxylation sites is 2. The Hall–Kier alpha value is -2.89. The van der Waals surface area contributed by atoms with Crippen LogP contribution in [-0.2, 0) is 6.54 Å². The molecule has 6 heteroatoms. The van der Waals surface area contributed by atoms with E-state index in [1.54, 1.807) is 13.2 Å². The molecule has 1 aliphatic rings. The zero-order valence-electron chi connectivity index (χ0n) is 13.0. The Morgan fingerprint density at radius 2 is 2.09 bits per heavy atom. The number of aliphatic imine (C=N–C) groups is 1. The van der Waals surface area contributed by atoms with Gasteiger partial charge in [0.25, 0.3) is 0 Å². The van der Waals surface area contributed by atoms with E-state index in [1.807, 2.05) is 30.3 Å². The van der Waals surface area contributed by atoms with Gasteiger partial charge in [-0.25, -0.2) is 4.99 Å². The summed E-state index contributed by atoms with van der Waals surface area (Å²) in [7, 11) is 1.60. The first-order valence-corrected chi connectivity index (χ1v) is 7.47. The number of guanidine groups is 1. The van der Waals surface area contributed by atoms with Gasteiger partial charge in [-0.15, -0.1) is 0 Å². The van der Waals surface area contributed by atoms with E-state index in [4.69, 9.17) is 15.2 Å². The summed E-state index contributed by atoms with van der Waals surface area (Å²) >= 11 is 0. The van der Waals surface area contributed by atoms with Gasteiger partial charge in [-0.3, -0.25) is 0 Å². The first-order chi connectivity index (χ1) is 11.3. The largest absolute Gasteiger partial charge is 0.493 e. The molecule has 0 amide bonds. The van der Waals surface area contributed by atoms with Crippen molar-refractivity contribution in [3.8, 4) is 11.5 Å². The van der Waals surface area contributed by atoms with E-state index in [-0.39, 0.29) is 0 Å². The molecule has 0 radical (unpaired) electrons. The molecule has 0 aromatic heterocycles. The summed E-state index contributed by atoms with van der Waals surface area (Å²) in [6, 6.07) is 13.5. The average molecular weight is 312 g/mol. The molecule has 0 bridgehead atoms. The standard InChI is InChI=1S/C17H20N4O2/c1-22-15-8-4-6-13(18)16(15)23-10-9-19-17-20-11-12-5-2-3-7-14(12)21-17/h2-8H,9-11,18H2,1H3,(H2,19,20,21). The second-order valence-corrected chi connectivity index (χ2v) is 5.10. The topological polar surface area (TPSA) is 80.9 Å². The van der Waals surface area contributed by atoms with Crippen LogP contribution in [0.1, 0.15) is 5.56 Å². The monoisotopic (exact) mass is 312 g/mol. The highest BCUT2D eigenvalue weighted by Gasteiger charge is 2.11. The third-order valence-corrected chi connectivity index (χ3v) is 3.54. The molecule has 4 N–H and O–H groups in total. The molecule has 1 heterocycles. The number of ether oxygens (including phenoxy) is 2. The third kappa shape index (κ3) is 3.48. The Bertz CT molecular complexity index is 715. The van der Waals surface area contributed by atoms with E-state index in [9.17, 15) is 0 Å². The molecule has 3 rings (SSSR count). The molecular weight excluding hydrogens is 292 g/mol. The summed E-state index contributed by atoms with van der Waals surface area (Å²) in [5, 5.41) is 6.46. The minimum atomic E-state index is 0.451. The number of nitrogens with zero attached hydrogens (tertiary/aromatic N) is 1. The maximum atomic E-state index is 5.91. The molecule has 0 aliphatic carbocycles. The Morgan fingerprint density at radius 1 is 1.22 bits per heavy atom. The van der Waals surface area contributed by atoms with Crippen molar-refractivity contribution in [2.45, 2.75) is 6.54 Å². The Kier molecular flexibility index (Phi) is 4.52. The lowest BCUT2D eigenvalue weighted by atomic mass is 10.1. The van der Waals surface area contributed by atoms with Crippen LogP contribution in [0.2, 0.25) is 0 Å². The van der Waals surface area contributed by atoms with Crippen LogP contribution in [0, 0.1) is 0 Å². The van der Waals surface area contributed by atoms with Crippen LogP contribution in [0.15, 0.2) is 47.5 Å². The van der Waals surface area contributed by atoms with Crippen molar-refractivity contribution in [3.63, 3.8) is 0 Å². The van der Waals surface area contributed by atoms with Crippen LogP contribution in [0.3, 0.4) is 0 Å². The summed E-state index contributed by atoms with van der Waals surface area (Å²) in [5.74, 6) is 1.95. The van der Waals surface area contributed by atoms with Crippen molar-refractivity contribution < 1.29 is 9.47 Å². The van der Waals surface area contributed by atoms with E-state index in [1.165, 1.54) is 5.56 Å². The lowest BCUT2D eigenvalue weighted by Gasteiger charge is -2.19. The molecule has 6 nitrogen and oxygen atoms in total. The number of nitrogens with one attached hydrogen (secondary N) is 2. The minimum Gasteiger partial charge on any atom is -0.493 e. The first kappa shape index (κ1) is 15.0. The Labute approximate surface area is 135 Å². The number of anilines is 1. The number of methoxy groups -OCH3 is 1. The highest BCUT2D eigenvalue weighted by molar-refractivity contribution is 5.84. The average Bonchev–Trinajstić information content (AvgIpc) is 2.59. The number of hydrogen-bond acceptors (Lipinski definition) is 6. The van der Waals surface area contributed by atoms with Gasteiger partial charge in [0, 0.05) is 6.54 Å². The van der Waals surface area contributed by atoms with Gasteiger partial charge in [0.2, 0.25) is 0 Å². The predicted molar refractivity (Wildman–Crippen MR) is 91.3 cm³/mol. The van der Waals surface area contributed by atoms with Crippen molar-refractivity contribution in [1.82, 2.24) is 10.6 Å². The number of nitrogen functional groups attached to an aromatic ring is 1. The van der Waals surface area contributed by atoms with Crippen LogP contribution >= 0.6 is 0 Å². The molecule has 0 fully saturated rings. The van der Waals surface area contributed by atoms with Crippen molar-refractivity contribution in [2.75, 3.05) is 26.0 Å². The highest BCUT2D eigenvalue weighted by Crippen LogP contribution is 2.32. The van der Waals surface area contributed by atoms with Crippen LogP contribution in [0.4, 0.5) is 11.4 Å². The van der Waals surface area contributed by atoms with E-state index in [0.29, 0.717) is 30.3 Å². The number of nitrogens with two attached hydrogens (primary N) is 1. The van der Waals surface area contributed by atoms with E-state index in [0.717, 1.165) is 18.2 Å². The molecule has 0 saturated carbocycles. The first-order valence-electron chi connectivity index (χ1n) is 7.47. The number of rotatable bonds is 5. The van der Waals surface area contributed by atoms with E-state index >= 15 is 0 Å². The van der Waals surface area contributed by atoms with Gasteiger partial charge in [0.1, 0.15) is 6.61 Å². The van der Waals surface area contributed by atoms with Crippen LogP contribution in [-0.4, -0.2) is 26.2 Å². The quantitative estimate of drug-likeness (QED) is 0.581. The minimum absolute atomic E-state index is 0.451. The molecule has 23 heavy (non-hydrogen) atoms. The van der Waals surface area contributed by atoms with Gasteiger partial charge in [0.05, 0.1) is 25.0 Å². The lowest BCUT2D eigenvalue weighted by molar-refractivity contribution is 0.299. The zero-order valence-corrected chi connectivity index (χ0v) is 13.0. The van der Waals surface area contributed by atoms with E-state index in [2.05, 4.69) is 21.7 Å². The molecule has 120 valence electrons. The molecule has 0 atom stereocenters. The third-order valence-electron chi connectivity index (χ3n) is 3.54. The number of benzene rings is 2. The molecule has 2 aromatic rings. The maximum absolute atomic E-state index is 5.91. The normalized spacial score (nSPS) is 12.7. The second-order valence-electron chi connectivity index (χ2n) is 5.10. The van der Waals surface area contributed by atoms with Gasteiger partial charge in [0.15, 0.2) is 17.5 Å². The molecule has 0 unspecified atom stereocenters. The van der Waals surface area contributed by atoms with Crippen LogP contribution < -0.4 is 25.8 Å². The summed E-state index contributed by atoms with van der Waals surface area (Å²) in [4.78, 5) is 4.53. The van der Waals surface area contributed by atoms with Gasteiger partial charge in [-0.05, 0) is 23.8 Å². The maximum Gasteiger partial charge on any atom is 0.196 e. The van der Waals surface area contributed by atoms with Crippen molar-refractivity contribution in [2.24, 2.45) is 4.99 Å². The predicted octanol–water partition coefficient (Wildman–Crippen LogP) is 2.04. The fraction of sp³-hybridized carbons (Fsp3) is 0.235. The molecule has 1 aliphatic heterocycles. The van der Waals surface area contributed by atoms with Crippen LogP contribution in [0.25, 0.3) is 0 Å². The van der Waals surface area contributed by atoms with Gasteiger partial charge >= 0.3 is 0 Å². The van der Waals surface area contributed by atoms with Crippen molar-refractivity contribution >= 4 is 17.3 Å². The van der Waals surface area contributed by atoms with Crippen molar-refractivity contribution in [1.29, 1.82) is 0 Å². The number of hydrogen-bond donors (Lipinski definition) is 3. The highest BCUT2D eigenvalue weighted by atomic mass is 16.5. The summed E-state index contributed by atoms with van der Waals surface area (Å²) in [5.41, 5.74) is 8.66. The molecular formula is C17H20N4O2. The summed E-state index contributed by atoms with van der Waals surface area (Å²) in [6.45, 7) is 1.82. The van der Waals surface area contributed by atoms with Crippen molar-refractivity contribution in [3.05, 3.63) is 48.0 Å². The van der Waals surface area contributed by atoms with Gasteiger partial charge in [-0.2, -0.15) is 0 Å². The zero-order chi connectivity index (χ0) is 16.1. The van der Waals surface area contributed by atoms with E-state index < -0.39 is 0 Å².